The number of carboxylic acids is 3. The van der Waals surface area contributed by atoms with Crippen molar-refractivity contribution in [2.24, 2.45) is 35.1 Å². The Hall–Kier alpha value is -9.29. The number of hydrogen-bond acceptors (Lipinski definition) is 20. The summed E-state index contributed by atoms with van der Waals surface area (Å²) < 4.78 is 5.20. The molecule has 0 aliphatic rings. The van der Waals surface area contributed by atoms with Crippen LogP contribution in [0.4, 0.5) is 4.79 Å². The normalized spacial score (nSPS) is 15.0. The number of nitrogens with two attached hydrogens (primary N) is 2. The molecule has 108 heavy (non-hydrogen) atoms. The van der Waals surface area contributed by atoms with Crippen LogP contribution in [0.15, 0.2) is 0 Å². The molecule has 12 atom stereocenters. The van der Waals surface area contributed by atoms with E-state index in [0.717, 1.165) is 0 Å². The van der Waals surface area contributed by atoms with Gasteiger partial charge in [-0.2, -0.15) is 0 Å². The lowest BCUT2D eigenvalue weighted by Gasteiger charge is -2.30. The molecule has 37 heteroatoms. The third-order valence-corrected chi connectivity index (χ3v) is 16.4. The number of nitrogens with one attached hydrogen (secondary N) is 14. The zero-order valence-electron chi connectivity index (χ0n) is 66.4. The van der Waals surface area contributed by atoms with Gasteiger partial charge in [-0.05, 0) is 190 Å². The fraction of sp³-hybridized carbons (Fsp3) is 0.761. The molecule has 21 N–H and O–H groups in total. The highest BCUT2D eigenvalue weighted by atomic mass is 16.6. The van der Waals surface area contributed by atoms with Crippen LogP contribution < -0.4 is 85.9 Å². The van der Waals surface area contributed by atoms with E-state index in [-0.39, 0.29) is 75.3 Å². The van der Waals surface area contributed by atoms with Crippen molar-refractivity contribution in [1.82, 2.24) is 74.4 Å². The molecule has 0 fully saturated rings. The number of aliphatic carboxylic acids is 3. The topological polar surface area (TPSA) is 581 Å². The number of unbranched alkanes of at least 4 members (excludes halogenated alkanes) is 2. The van der Waals surface area contributed by atoms with Crippen molar-refractivity contribution in [3.63, 3.8) is 0 Å². The summed E-state index contributed by atoms with van der Waals surface area (Å²) >= 11 is 0. The molecule has 616 valence electrons. The van der Waals surface area contributed by atoms with Gasteiger partial charge in [-0.15, -0.1) is 0 Å². The number of rotatable bonds is 50. The van der Waals surface area contributed by atoms with Crippen molar-refractivity contribution < 1.29 is 102 Å². The van der Waals surface area contributed by atoms with Gasteiger partial charge < -0.3 is 106 Å². The molecular weight excluding hydrogens is 1410 g/mol. The number of carboxylic acid groups (broad SMARTS) is 3. The second-order valence-corrected chi connectivity index (χ2v) is 31.0. The Labute approximate surface area is 633 Å². The Morgan fingerprint density at radius 2 is 0.556 bits per heavy atom. The molecule has 37 nitrogen and oxygen atoms in total. The van der Waals surface area contributed by atoms with Gasteiger partial charge in [-0.3, -0.25) is 71.9 Å². The summed E-state index contributed by atoms with van der Waals surface area (Å²) in [5.41, 5.74) is 7.03. The summed E-state index contributed by atoms with van der Waals surface area (Å²) in [5.74, 6) is -16.6. The summed E-state index contributed by atoms with van der Waals surface area (Å²) in [6, 6.07) is -16.6. The van der Waals surface area contributed by atoms with E-state index < -0.39 is 216 Å². The van der Waals surface area contributed by atoms with Crippen LogP contribution in [0.3, 0.4) is 0 Å². The van der Waals surface area contributed by atoms with Gasteiger partial charge in [0.25, 0.3) is 0 Å². The molecule has 0 heterocycles. The summed E-state index contributed by atoms with van der Waals surface area (Å²) in [6.07, 6.45) is -1.61. The lowest BCUT2D eigenvalue weighted by Crippen LogP contribution is -2.62. The minimum atomic E-state index is -1.85. The molecule has 0 aromatic rings. The quantitative estimate of drug-likeness (QED) is 0.0336. The van der Waals surface area contributed by atoms with E-state index in [2.05, 4.69) is 74.4 Å². The molecular formula is C71H126N16O21. The van der Waals surface area contributed by atoms with E-state index in [1.54, 1.807) is 76.2 Å². The van der Waals surface area contributed by atoms with Gasteiger partial charge in [0, 0.05) is 12.8 Å². The molecule has 0 rings (SSSR count). The second kappa shape index (κ2) is 47.5. The Morgan fingerprint density at radius 3 is 0.833 bits per heavy atom. The molecule has 0 saturated carbocycles. The molecule has 0 aliphatic carbocycles. The van der Waals surface area contributed by atoms with Crippen molar-refractivity contribution in [2.75, 3.05) is 13.1 Å². The zero-order valence-corrected chi connectivity index (χ0v) is 66.4. The Bertz CT molecular complexity index is 3080. The molecule has 0 radical (unpaired) electrons. The number of carbonyl (C=O) groups is 17. The first-order chi connectivity index (χ1) is 49.8. The van der Waals surface area contributed by atoms with E-state index in [9.17, 15) is 96.8 Å². The maximum Gasteiger partial charge on any atom is 0.408 e. The van der Waals surface area contributed by atoms with Crippen LogP contribution in [0.25, 0.3) is 0 Å². The zero-order chi connectivity index (χ0) is 83.5. The maximum absolute atomic E-state index is 14.3. The van der Waals surface area contributed by atoms with Crippen molar-refractivity contribution in [2.45, 2.75) is 311 Å². The van der Waals surface area contributed by atoms with E-state index >= 15 is 0 Å². The van der Waals surface area contributed by atoms with Crippen molar-refractivity contribution in [3.8, 4) is 0 Å². The highest BCUT2D eigenvalue weighted by molar-refractivity contribution is 6.01. The van der Waals surface area contributed by atoms with Gasteiger partial charge in [-0.25, -0.2) is 9.59 Å². The fourth-order valence-corrected chi connectivity index (χ4v) is 10.3. The minimum absolute atomic E-state index is 0.00477. The number of alkyl carbamates (subject to hydrolysis) is 1. The summed E-state index contributed by atoms with van der Waals surface area (Å²) in [7, 11) is 0. The Balaban J connectivity index is 6.62. The average molecular weight is 1540 g/mol. The van der Waals surface area contributed by atoms with Gasteiger partial charge >= 0.3 is 24.0 Å². The van der Waals surface area contributed by atoms with Gasteiger partial charge in [0.2, 0.25) is 76.8 Å². The Morgan fingerprint density at radius 1 is 0.306 bits per heavy atom. The monoisotopic (exact) mass is 1540 g/mol. The first-order valence-corrected chi connectivity index (χ1v) is 36.8. The van der Waals surface area contributed by atoms with Crippen LogP contribution in [0.2, 0.25) is 0 Å². The number of carbonyl (C=O) groups excluding carboxylic acids is 14. The van der Waals surface area contributed by atoms with Crippen molar-refractivity contribution in [3.05, 3.63) is 0 Å². The predicted molar refractivity (Wildman–Crippen MR) is 397 cm³/mol. The molecule has 0 unspecified atom stereocenters. The standard InChI is InChI=1S/C71H126N16O21/c1-36(2)32-48(85-65(103)51(35-39(7)8)83-61(99)47(27-29-53(90)91)79-55(93)41(10)77-68(107)108-69(13,14)15)62(100)80-44(24-20-22-30-72)58(96)74-42(11)56(94)86-70(16,17)66(104)76-40(9)54(92)78-46(26-28-52(88)89)60(98)82-50(34-38(5)6)64(102)84-49(33-37(3)4)63(101)81-45(25-21-23-31-73)59(97)75-43(12)57(95)87-71(18,19)67(105)106/h36-51H,20-35,72-73H2,1-19H3,(H,74,96)(H,75,97)(H,76,104)(H,77,107)(H,78,92)(H,79,93)(H,80,100)(H,81,101)(H,82,98)(H,83,99)(H,84,102)(H,85,103)(H,86,94)(H,87,95)(H,88,89)(H,90,91)(H,105,106)/t40-,41-,42-,43-,44-,45-,46-,47-,48-,49-,50-,51-/m0/s1. The van der Waals surface area contributed by atoms with Gasteiger partial charge in [0.05, 0.1) is 0 Å². The van der Waals surface area contributed by atoms with Crippen molar-refractivity contribution >= 4 is 101 Å². The first kappa shape index (κ1) is 98.7. The highest BCUT2D eigenvalue weighted by Crippen LogP contribution is 2.16. The third kappa shape index (κ3) is 39.5. The summed E-state index contributed by atoms with van der Waals surface area (Å²) in [6.45, 7) is 29.5. The SMILES string of the molecule is CC(C)C[C@H](NC(=O)[C@H](CCC(=O)O)NC(=O)[C@H](C)NC(=O)C(C)(C)NC(=O)[C@H](C)NC(=O)[C@H](CCCCN)NC(=O)[C@H](CC(C)C)NC(=O)[C@H](CC(C)C)NC(=O)[C@H](CCC(=O)O)NC(=O)[C@H](C)NC(=O)OC(C)(C)C)C(=O)N[C@@H](CC(C)C)C(=O)N[C@@H](CCCCN)C(=O)N[C@@H](C)C(=O)NC(C)(C)C(=O)O. The molecule has 0 bridgehead atoms. The lowest BCUT2D eigenvalue weighted by molar-refractivity contribution is -0.146. The Kier molecular flexibility index (Phi) is 43.4. The largest absolute Gasteiger partial charge is 0.481 e. The second-order valence-electron chi connectivity index (χ2n) is 31.0. The van der Waals surface area contributed by atoms with Gasteiger partial charge in [0.1, 0.15) is 89.2 Å². The van der Waals surface area contributed by atoms with Gasteiger partial charge in [-0.1, -0.05) is 55.4 Å². The highest BCUT2D eigenvalue weighted by Gasteiger charge is 2.40. The van der Waals surface area contributed by atoms with E-state index in [1.807, 2.05) is 0 Å². The smallest absolute Gasteiger partial charge is 0.408 e. The summed E-state index contributed by atoms with van der Waals surface area (Å²) in [4.78, 5) is 228. The summed E-state index contributed by atoms with van der Waals surface area (Å²) in [5, 5.41) is 63.9. The third-order valence-electron chi connectivity index (χ3n) is 16.4. The number of hydrogen-bond donors (Lipinski definition) is 19. The van der Waals surface area contributed by atoms with Crippen LogP contribution in [-0.4, -0.2) is 218 Å². The van der Waals surface area contributed by atoms with Crippen LogP contribution in [-0.2, 0) is 81.4 Å². The van der Waals surface area contributed by atoms with Crippen molar-refractivity contribution in [1.29, 1.82) is 0 Å². The molecule has 0 aliphatic heterocycles. The van der Waals surface area contributed by atoms with Crippen LogP contribution in [0.5, 0.6) is 0 Å². The minimum Gasteiger partial charge on any atom is -0.481 e. The number of amides is 14. The molecule has 0 aromatic carbocycles. The lowest BCUT2D eigenvalue weighted by atomic mass is 9.99. The number of ether oxygens (including phenoxy) is 1. The van der Waals surface area contributed by atoms with Crippen LogP contribution in [0.1, 0.15) is 221 Å². The van der Waals surface area contributed by atoms with E-state index in [4.69, 9.17) is 16.2 Å². The first-order valence-electron chi connectivity index (χ1n) is 36.8. The maximum atomic E-state index is 14.3. The molecule has 0 spiro atoms. The van der Waals surface area contributed by atoms with Crippen LogP contribution in [0, 0.1) is 23.7 Å². The fourth-order valence-electron chi connectivity index (χ4n) is 10.3. The average Bonchev–Trinajstić information content (AvgIpc) is 0.853. The predicted octanol–water partition coefficient (Wildman–Crippen LogP) is -0.662. The van der Waals surface area contributed by atoms with E-state index in [1.165, 1.54) is 55.4 Å². The molecule has 14 amide bonds. The van der Waals surface area contributed by atoms with Crippen LogP contribution >= 0.6 is 0 Å². The molecule has 0 aromatic heterocycles. The van der Waals surface area contributed by atoms with Gasteiger partial charge in [0.15, 0.2) is 0 Å². The molecule has 0 saturated heterocycles. The van der Waals surface area contributed by atoms with E-state index in [0.29, 0.717) is 25.7 Å².